The van der Waals surface area contributed by atoms with Crippen molar-refractivity contribution in [3.05, 3.63) is 469 Å². The van der Waals surface area contributed by atoms with Crippen LogP contribution >= 0.6 is 0 Å². The average Bonchev–Trinajstić information content (AvgIpc) is 1.51. The van der Waals surface area contributed by atoms with E-state index in [1.54, 1.807) is 0 Å². The second-order valence-corrected chi connectivity index (χ2v) is 31.0. The van der Waals surface area contributed by atoms with Crippen LogP contribution in [0, 0.1) is 0 Å². The molecule has 2 aliphatic carbocycles. The Morgan fingerprint density at radius 1 is 0.144 bits per heavy atom. The van der Waals surface area contributed by atoms with E-state index in [0.717, 1.165) is 163 Å². The summed E-state index contributed by atoms with van der Waals surface area (Å²) in [5.74, 6) is 4.62. The molecule has 19 aromatic rings. The molecule has 0 fully saturated rings. The zero-order valence-electron chi connectivity index (χ0n) is 64.0. The first-order valence-corrected chi connectivity index (χ1v) is 40.3. The highest BCUT2D eigenvalue weighted by atomic mass is 16.5. The summed E-state index contributed by atoms with van der Waals surface area (Å²) < 4.78 is 14.3. The van der Waals surface area contributed by atoms with Crippen LogP contribution in [-0.4, -0.2) is 19.9 Å². The fourth-order valence-corrected chi connectivity index (χ4v) is 18.9. The van der Waals surface area contributed by atoms with Crippen molar-refractivity contribution < 1.29 is 9.47 Å². The summed E-state index contributed by atoms with van der Waals surface area (Å²) in [5, 5.41) is 0. The van der Waals surface area contributed by atoms with E-state index in [9.17, 15) is 0 Å². The van der Waals surface area contributed by atoms with Gasteiger partial charge in [0, 0.05) is 55.6 Å². The molecule has 17 aromatic carbocycles. The van der Waals surface area contributed by atoms with Gasteiger partial charge >= 0.3 is 0 Å². The van der Waals surface area contributed by atoms with E-state index in [4.69, 9.17) is 29.4 Å². The van der Waals surface area contributed by atoms with Gasteiger partial charge in [0.15, 0.2) is 11.6 Å². The van der Waals surface area contributed by atoms with Gasteiger partial charge in [-0.05, 0) is 148 Å². The molecule has 2 aliphatic heterocycles. The summed E-state index contributed by atoms with van der Waals surface area (Å²) in [6.45, 7) is 0. The van der Waals surface area contributed by atoms with Crippen molar-refractivity contribution >= 4 is 0 Å². The molecule has 2 aromatic heterocycles. The van der Waals surface area contributed by atoms with E-state index < -0.39 is 10.8 Å². The van der Waals surface area contributed by atoms with Gasteiger partial charge in [0.2, 0.25) is 0 Å². The molecule has 0 radical (unpaired) electrons. The highest BCUT2D eigenvalue weighted by Gasteiger charge is 2.53. The summed E-state index contributed by atoms with van der Waals surface area (Å²) >= 11 is 0. The maximum absolute atomic E-state index is 7.39. The molecule has 6 nitrogen and oxygen atoms in total. The van der Waals surface area contributed by atoms with Crippen LogP contribution in [0.1, 0.15) is 44.5 Å². The minimum atomic E-state index is -0.667. The van der Waals surface area contributed by atoms with Gasteiger partial charge in [-0.1, -0.05) is 388 Å². The van der Waals surface area contributed by atoms with Crippen LogP contribution in [-0.2, 0) is 10.8 Å². The number of rotatable bonds is 12. The molecule has 118 heavy (non-hydrogen) atoms. The van der Waals surface area contributed by atoms with Crippen molar-refractivity contribution in [2.24, 2.45) is 0 Å². The number of hydrogen-bond acceptors (Lipinski definition) is 6. The number of aromatic nitrogens is 4. The maximum atomic E-state index is 7.39. The van der Waals surface area contributed by atoms with Gasteiger partial charge in [-0.15, -0.1) is 0 Å². The van der Waals surface area contributed by atoms with Crippen molar-refractivity contribution in [3.8, 4) is 180 Å². The van der Waals surface area contributed by atoms with Gasteiger partial charge in [-0.3, -0.25) is 0 Å². The van der Waals surface area contributed by atoms with Crippen LogP contribution in [0.25, 0.3) is 157 Å². The SMILES string of the molecule is c1ccc(-c2ccc(-c3cc(-c4ccc(-c5ccc6c(c5)Oc5cc(-c7ccc(-c8nc(-c9ccc(-c%10ccccc%10)cc9)cc(-c9ccc(-c%10ccc%11c(c%10)Oc%10ccccc%10C%11%10c%11ccccc%11-c%11ccccc%11%10)cc9)n8)cc7)ccc5C65c6ccccc6-c6ccccc65)cc4)nc(-c4ccc(-c5ccccc5)cc4)n3)cc2)cc1. The topological polar surface area (TPSA) is 70.0 Å². The Labute approximate surface area is 684 Å². The van der Waals surface area contributed by atoms with Crippen molar-refractivity contribution in [2.45, 2.75) is 10.8 Å². The van der Waals surface area contributed by atoms with Crippen LogP contribution in [0.15, 0.2) is 425 Å². The lowest BCUT2D eigenvalue weighted by Gasteiger charge is -2.39. The van der Waals surface area contributed by atoms with Crippen molar-refractivity contribution in [3.63, 3.8) is 0 Å². The number of nitrogens with zero attached hydrogens (tertiary/aromatic N) is 4. The fourth-order valence-electron chi connectivity index (χ4n) is 18.9. The van der Waals surface area contributed by atoms with Gasteiger partial charge in [0.1, 0.15) is 23.0 Å². The highest BCUT2D eigenvalue weighted by Crippen LogP contribution is 2.65. The second kappa shape index (κ2) is 27.7. The predicted octanol–water partition coefficient (Wildman–Crippen LogP) is 28.2. The normalized spacial score (nSPS) is 13.0. The number of fused-ring (bicyclic) bond motifs is 18. The van der Waals surface area contributed by atoms with E-state index in [-0.39, 0.29) is 0 Å². The van der Waals surface area contributed by atoms with E-state index in [2.05, 4.69) is 419 Å². The standard InChI is InChI=1S/C112H70N4O2/c1-4-20-71(21-5-1)74-36-48-80(49-37-74)101-69-103(115-109(113-101)84-56-44-76(45-57-84)73-24-8-3-9-25-73)83-54-42-78(43-55-83)87-61-64-99-107(67-87)118-108-68-88(62-65-100(108)112(99)95-32-16-12-28-91(95)92-29-13-17-33-96(92)112)79-46-58-85(59-47-79)110-114-102(81-50-38-75(39-51-81)72-22-6-2-7-23-72)70-104(116-110)82-52-40-77(41-53-82)86-60-63-98-106(66-86)117-105-35-19-18-34-97(105)111(98)93-30-14-10-26-89(93)90-27-11-15-31-94(90)111/h1-70H. The molecule has 6 heteroatoms. The molecule has 0 bridgehead atoms. The lowest BCUT2D eigenvalue weighted by Crippen LogP contribution is -2.32. The molecule has 0 amide bonds. The summed E-state index contributed by atoms with van der Waals surface area (Å²) in [6.07, 6.45) is 0. The van der Waals surface area contributed by atoms with Crippen molar-refractivity contribution in [1.82, 2.24) is 19.9 Å². The lowest BCUT2D eigenvalue weighted by atomic mass is 9.65. The number of para-hydroxylation sites is 1. The minimum absolute atomic E-state index is 0.530. The fraction of sp³-hybridized carbons (Fsp3) is 0.0179. The Kier molecular flexibility index (Phi) is 16.0. The zero-order chi connectivity index (χ0) is 77.8. The molecule has 4 aliphatic rings. The van der Waals surface area contributed by atoms with E-state index >= 15 is 0 Å². The molecular weight excluding hydrogens is 1430 g/mol. The Hall–Kier alpha value is -15.5. The van der Waals surface area contributed by atoms with Crippen LogP contribution in [0.2, 0.25) is 0 Å². The van der Waals surface area contributed by atoms with E-state index in [1.807, 2.05) is 6.07 Å². The van der Waals surface area contributed by atoms with Gasteiger partial charge < -0.3 is 9.47 Å². The van der Waals surface area contributed by atoms with Crippen molar-refractivity contribution in [2.75, 3.05) is 0 Å². The summed E-state index contributed by atoms with van der Waals surface area (Å²) in [5.41, 5.74) is 35.6. The first kappa shape index (κ1) is 68.1. The number of benzene rings is 17. The van der Waals surface area contributed by atoms with Crippen LogP contribution in [0.3, 0.4) is 0 Å². The highest BCUT2D eigenvalue weighted by molar-refractivity contribution is 5.92. The predicted molar refractivity (Wildman–Crippen MR) is 478 cm³/mol. The average molecular weight is 1500 g/mol. The maximum Gasteiger partial charge on any atom is 0.160 e. The molecule has 0 N–H and O–H groups in total. The minimum Gasteiger partial charge on any atom is -0.457 e. The van der Waals surface area contributed by atoms with Gasteiger partial charge in [0.05, 0.1) is 33.6 Å². The summed E-state index contributed by atoms with van der Waals surface area (Å²) in [6, 6.07) is 152. The molecule has 4 heterocycles. The van der Waals surface area contributed by atoms with E-state index in [0.29, 0.717) is 11.6 Å². The molecule has 2 spiro atoms. The summed E-state index contributed by atoms with van der Waals surface area (Å²) in [4.78, 5) is 21.4. The van der Waals surface area contributed by atoms with Gasteiger partial charge in [-0.2, -0.15) is 0 Å². The molecule has 550 valence electrons. The van der Waals surface area contributed by atoms with Gasteiger partial charge in [0.25, 0.3) is 0 Å². The van der Waals surface area contributed by atoms with Crippen molar-refractivity contribution in [1.29, 1.82) is 0 Å². The third kappa shape index (κ3) is 11.2. The largest absolute Gasteiger partial charge is 0.457 e. The van der Waals surface area contributed by atoms with Crippen LogP contribution in [0.4, 0.5) is 0 Å². The molecule has 0 saturated carbocycles. The molecule has 23 rings (SSSR count). The van der Waals surface area contributed by atoms with Crippen LogP contribution in [0.5, 0.6) is 23.0 Å². The van der Waals surface area contributed by atoms with E-state index in [1.165, 1.54) is 50.1 Å². The third-order valence-corrected chi connectivity index (χ3v) is 24.6. The smallest absolute Gasteiger partial charge is 0.160 e. The number of hydrogen-bond donors (Lipinski definition) is 0. The quantitative estimate of drug-likeness (QED) is 0.121. The zero-order valence-corrected chi connectivity index (χ0v) is 64.0. The monoisotopic (exact) mass is 1500 g/mol. The number of ether oxygens (including phenoxy) is 2. The Morgan fingerprint density at radius 2 is 0.347 bits per heavy atom. The summed E-state index contributed by atoms with van der Waals surface area (Å²) in [7, 11) is 0. The molecule has 0 atom stereocenters. The van der Waals surface area contributed by atoms with Gasteiger partial charge in [-0.25, -0.2) is 19.9 Å². The molecular formula is C112H70N4O2. The first-order valence-electron chi connectivity index (χ1n) is 40.3. The lowest BCUT2D eigenvalue weighted by molar-refractivity contribution is 0.436. The second-order valence-electron chi connectivity index (χ2n) is 31.0. The first-order chi connectivity index (χ1) is 58.4. The third-order valence-electron chi connectivity index (χ3n) is 24.6. The Morgan fingerprint density at radius 3 is 0.644 bits per heavy atom. The molecule has 0 saturated heterocycles. The van der Waals surface area contributed by atoms with Crippen LogP contribution < -0.4 is 9.47 Å². The Bertz CT molecular complexity index is 6980. The molecule has 0 unspecified atom stereocenters. The Balaban J connectivity index is 0.579.